The average Bonchev–Trinajstić information content (AvgIpc) is 3.01. The largest absolute Gasteiger partial charge is 0.490 e. The number of fused-ring (bicyclic) bond motifs is 1. The molecule has 0 N–H and O–H groups in total. The minimum atomic E-state index is -0.650. The summed E-state index contributed by atoms with van der Waals surface area (Å²) < 4.78 is 21.4. The number of amides is 2. The quantitative estimate of drug-likeness (QED) is 0.496. The molecule has 0 bridgehead atoms. The van der Waals surface area contributed by atoms with E-state index in [0.717, 1.165) is 12.0 Å². The molecule has 2 amide bonds. The highest BCUT2D eigenvalue weighted by Crippen LogP contribution is 2.30. The van der Waals surface area contributed by atoms with E-state index in [1.54, 1.807) is 29.2 Å². The van der Waals surface area contributed by atoms with Gasteiger partial charge < -0.3 is 28.7 Å². The molecule has 9 heteroatoms. The number of ether oxygens (including phenoxy) is 4. The van der Waals surface area contributed by atoms with Gasteiger partial charge in [-0.25, -0.2) is 4.79 Å². The molecule has 1 saturated heterocycles. The third kappa shape index (κ3) is 6.21. The number of likely N-dealkylation sites (N-methyl/N-ethyl adjacent to an activating group) is 1. The number of benzene rings is 1. The number of rotatable bonds is 6. The normalized spacial score (nSPS) is 16.1. The van der Waals surface area contributed by atoms with Crippen LogP contribution in [-0.2, 0) is 23.9 Å². The maximum atomic E-state index is 12.2. The van der Waals surface area contributed by atoms with Crippen LogP contribution in [0, 0.1) is 0 Å². The van der Waals surface area contributed by atoms with Gasteiger partial charge in [0.1, 0.15) is 0 Å². The van der Waals surface area contributed by atoms with Gasteiger partial charge in [0.25, 0.3) is 5.91 Å². The summed E-state index contributed by atoms with van der Waals surface area (Å²) >= 11 is 0. The lowest BCUT2D eigenvalue weighted by atomic mass is 10.2. The summed E-state index contributed by atoms with van der Waals surface area (Å²) in [5.41, 5.74) is 0.746. The van der Waals surface area contributed by atoms with Crippen LogP contribution in [0.3, 0.4) is 0 Å². The van der Waals surface area contributed by atoms with Crippen molar-refractivity contribution in [2.24, 2.45) is 0 Å². The molecular weight excluding hydrogens is 392 g/mol. The maximum absolute atomic E-state index is 12.2. The first-order valence-corrected chi connectivity index (χ1v) is 9.87. The molecule has 0 radical (unpaired) electrons. The fourth-order valence-corrected chi connectivity index (χ4v) is 2.94. The zero-order valence-corrected chi connectivity index (χ0v) is 17.0. The highest BCUT2D eigenvalue weighted by atomic mass is 16.5. The van der Waals surface area contributed by atoms with Gasteiger partial charge in [-0.3, -0.25) is 9.59 Å². The van der Waals surface area contributed by atoms with Crippen LogP contribution < -0.4 is 9.47 Å². The number of hydrogen-bond acceptors (Lipinski definition) is 7. The summed E-state index contributed by atoms with van der Waals surface area (Å²) in [6.07, 6.45) is 3.63. The first kappa shape index (κ1) is 21.6. The maximum Gasteiger partial charge on any atom is 0.331 e. The topological polar surface area (TPSA) is 94.6 Å². The van der Waals surface area contributed by atoms with Crippen molar-refractivity contribution in [2.45, 2.75) is 6.42 Å². The summed E-state index contributed by atoms with van der Waals surface area (Å²) in [5.74, 6) is 0.0457. The van der Waals surface area contributed by atoms with Gasteiger partial charge in [-0.2, -0.15) is 0 Å². The van der Waals surface area contributed by atoms with Gasteiger partial charge in [0, 0.05) is 32.6 Å². The predicted molar refractivity (Wildman–Crippen MR) is 107 cm³/mol. The van der Waals surface area contributed by atoms with Crippen LogP contribution in [0.1, 0.15) is 12.0 Å². The van der Waals surface area contributed by atoms with Crippen molar-refractivity contribution < 1.29 is 33.3 Å². The Hall–Kier alpha value is -3.07. The van der Waals surface area contributed by atoms with Crippen molar-refractivity contribution >= 4 is 23.9 Å². The molecule has 30 heavy (non-hydrogen) atoms. The van der Waals surface area contributed by atoms with Gasteiger partial charge in [0.05, 0.1) is 33.0 Å². The zero-order valence-electron chi connectivity index (χ0n) is 17.0. The third-order valence-electron chi connectivity index (χ3n) is 4.68. The zero-order chi connectivity index (χ0) is 21.3. The van der Waals surface area contributed by atoms with Gasteiger partial charge in [0.15, 0.2) is 18.1 Å². The Morgan fingerprint density at radius 3 is 2.60 bits per heavy atom. The smallest absolute Gasteiger partial charge is 0.331 e. The molecule has 0 aromatic heterocycles. The van der Waals surface area contributed by atoms with Crippen LogP contribution in [0.15, 0.2) is 24.3 Å². The van der Waals surface area contributed by atoms with Crippen LogP contribution >= 0.6 is 0 Å². The van der Waals surface area contributed by atoms with E-state index in [4.69, 9.17) is 18.9 Å². The second-order valence-corrected chi connectivity index (χ2v) is 6.94. The van der Waals surface area contributed by atoms with Crippen molar-refractivity contribution in [1.29, 1.82) is 0 Å². The van der Waals surface area contributed by atoms with E-state index in [2.05, 4.69) is 0 Å². The van der Waals surface area contributed by atoms with E-state index in [9.17, 15) is 14.4 Å². The molecule has 0 saturated carbocycles. The molecule has 2 aliphatic rings. The fraction of sp³-hybridized carbons (Fsp3) is 0.476. The number of carbonyl (C=O) groups excluding carboxylic acids is 3. The Balaban J connectivity index is 1.43. The molecule has 3 rings (SSSR count). The second-order valence-electron chi connectivity index (χ2n) is 6.94. The molecule has 0 atom stereocenters. The summed E-state index contributed by atoms with van der Waals surface area (Å²) in [4.78, 5) is 39.1. The first-order chi connectivity index (χ1) is 14.5. The molecule has 0 spiro atoms. The first-order valence-electron chi connectivity index (χ1n) is 9.87. The van der Waals surface area contributed by atoms with E-state index < -0.39 is 18.5 Å². The highest BCUT2D eigenvalue weighted by molar-refractivity contribution is 5.90. The highest BCUT2D eigenvalue weighted by Gasteiger charge is 2.21. The molecule has 9 nitrogen and oxygen atoms in total. The molecule has 0 aliphatic carbocycles. The van der Waals surface area contributed by atoms with E-state index in [1.165, 1.54) is 18.0 Å². The SMILES string of the molecule is CN(CC(=O)N1CCOCC1)C(=O)COC(=O)/C=C/c1ccc2c(c1)OCCCO2. The lowest BCUT2D eigenvalue weighted by Crippen LogP contribution is -2.46. The second kappa shape index (κ2) is 10.6. The summed E-state index contributed by atoms with van der Waals surface area (Å²) in [5, 5.41) is 0. The van der Waals surface area contributed by atoms with Crippen molar-refractivity contribution in [3.05, 3.63) is 29.8 Å². The van der Waals surface area contributed by atoms with Gasteiger partial charge in [-0.1, -0.05) is 6.07 Å². The van der Waals surface area contributed by atoms with Crippen molar-refractivity contribution in [3.63, 3.8) is 0 Å². The van der Waals surface area contributed by atoms with E-state index in [0.29, 0.717) is 51.0 Å². The Morgan fingerprint density at radius 2 is 1.83 bits per heavy atom. The monoisotopic (exact) mass is 418 g/mol. The Kier molecular flexibility index (Phi) is 7.67. The Bertz CT molecular complexity index is 803. The number of carbonyl (C=O) groups is 3. The van der Waals surface area contributed by atoms with E-state index in [-0.39, 0.29) is 12.5 Å². The summed E-state index contributed by atoms with van der Waals surface area (Å²) in [7, 11) is 1.50. The summed E-state index contributed by atoms with van der Waals surface area (Å²) in [6, 6.07) is 5.36. The molecule has 1 aromatic carbocycles. The minimum Gasteiger partial charge on any atom is -0.490 e. The fourth-order valence-electron chi connectivity index (χ4n) is 2.94. The predicted octanol–water partition coefficient (Wildman–Crippen LogP) is 0.722. The molecule has 2 aliphatic heterocycles. The molecular formula is C21H26N2O7. The van der Waals surface area contributed by atoms with Crippen molar-refractivity contribution in [2.75, 3.05) is 59.7 Å². The standard InChI is InChI=1S/C21H26N2O7/c1-22(14-19(24)23-7-11-27-12-8-23)20(25)15-30-21(26)6-4-16-3-5-17-18(13-16)29-10-2-9-28-17/h3-6,13H,2,7-12,14-15H2,1H3/b6-4+. The van der Waals surface area contributed by atoms with E-state index >= 15 is 0 Å². The lowest BCUT2D eigenvalue weighted by Gasteiger charge is -2.28. The lowest BCUT2D eigenvalue weighted by molar-refractivity contribution is -0.149. The van der Waals surface area contributed by atoms with Crippen LogP contribution in [0.25, 0.3) is 6.08 Å². The number of morpholine rings is 1. The Morgan fingerprint density at radius 1 is 1.10 bits per heavy atom. The molecule has 2 heterocycles. The van der Waals surface area contributed by atoms with Crippen molar-refractivity contribution in [1.82, 2.24) is 9.80 Å². The van der Waals surface area contributed by atoms with E-state index in [1.807, 2.05) is 0 Å². The van der Waals surface area contributed by atoms with Crippen LogP contribution in [-0.4, -0.2) is 87.3 Å². The molecule has 0 unspecified atom stereocenters. The van der Waals surface area contributed by atoms with Gasteiger partial charge in [-0.15, -0.1) is 0 Å². The van der Waals surface area contributed by atoms with Gasteiger partial charge in [-0.05, 0) is 23.8 Å². The van der Waals surface area contributed by atoms with Gasteiger partial charge >= 0.3 is 5.97 Å². The Labute approximate surface area is 175 Å². The van der Waals surface area contributed by atoms with Crippen LogP contribution in [0.4, 0.5) is 0 Å². The third-order valence-corrected chi connectivity index (χ3v) is 4.68. The van der Waals surface area contributed by atoms with Gasteiger partial charge in [0.2, 0.25) is 5.91 Å². The number of hydrogen-bond donors (Lipinski definition) is 0. The number of esters is 1. The molecule has 1 aromatic rings. The van der Waals surface area contributed by atoms with Crippen LogP contribution in [0.2, 0.25) is 0 Å². The minimum absolute atomic E-state index is 0.0661. The molecule has 162 valence electrons. The van der Waals surface area contributed by atoms with Crippen LogP contribution in [0.5, 0.6) is 11.5 Å². The number of nitrogens with zero attached hydrogens (tertiary/aromatic N) is 2. The van der Waals surface area contributed by atoms with Crippen molar-refractivity contribution in [3.8, 4) is 11.5 Å². The average molecular weight is 418 g/mol. The molecule has 1 fully saturated rings. The summed E-state index contributed by atoms with van der Waals surface area (Å²) in [6.45, 7) is 2.70.